The molecule has 3 aliphatic rings. The summed E-state index contributed by atoms with van der Waals surface area (Å²) in [5.41, 5.74) is -0.626. The predicted octanol–water partition coefficient (Wildman–Crippen LogP) is 5.14. The van der Waals surface area contributed by atoms with Crippen molar-refractivity contribution in [1.29, 1.82) is 0 Å². The Bertz CT molecular complexity index is 1160. The summed E-state index contributed by atoms with van der Waals surface area (Å²) in [6.45, 7) is 18.8. The normalized spacial score (nSPS) is 34.9. The van der Waals surface area contributed by atoms with Gasteiger partial charge in [-0.15, -0.1) is 0 Å². The van der Waals surface area contributed by atoms with E-state index in [1.165, 1.54) is 10.4 Å². The molecule has 5 rings (SSSR count). The van der Waals surface area contributed by atoms with E-state index in [4.69, 9.17) is 18.6 Å². The smallest absolute Gasteiger partial charge is 0.261 e. The Morgan fingerprint density at radius 1 is 0.976 bits per heavy atom. The second-order valence-corrected chi connectivity index (χ2v) is 25.3. The van der Waals surface area contributed by atoms with E-state index in [2.05, 4.69) is 115 Å². The molecule has 0 aromatic heterocycles. The number of hydrogen-bond donors (Lipinski definition) is 2. The van der Waals surface area contributed by atoms with Crippen molar-refractivity contribution in [3.63, 3.8) is 0 Å². The SMILES string of the molecule is C[C@@H]1[C@H]2[C@H](O)[C@]3(O)O[C@@](C)(C[C@@H]3OCOCC[Si](C)(C)C)[C@H]2C[C@@H]1O[Si](c1ccccc1)(c1ccccc1)C(C)(C)C. The molecule has 2 aliphatic heterocycles. The molecule has 3 fully saturated rings. The van der Waals surface area contributed by atoms with E-state index in [-0.39, 0.29) is 35.7 Å². The Hall–Kier alpha value is -1.37. The molecule has 2 saturated heterocycles. The molecule has 8 atom stereocenters. The van der Waals surface area contributed by atoms with Crippen molar-refractivity contribution in [2.45, 2.75) is 108 Å². The van der Waals surface area contributed by atoms with Gasteiger partial charge in [-0.25, -0.2) is 0 Å². The topological polar surface area (TPSA) is 77.4 Å². The lowest BCUT2D eigenvalue weighted by atomic mass is 9.74. The first kappa shape index (κ1) is 32.0. The number of fused-ring (bicyclic) bond motifs is 4. The molecule has 2 N–H and O–H groups in total. The van der Waals surface area contributed by atoms with Gasteiger partial charge in [0.1, 0.15) is 19.0 Å². The lowest BCUT2D eigenvalue weighted by Crippen LogP contribution is -2.68. The third-order valence-corrected chi connectivity index (χ3v) is 17.0. The van der Waals surface area contributed by atoms with Crippen LogP contribution in [-0.2, 0) is 18.6 Å². The summed E-state index contributed by atoms with van der Waals surface area (Å²) >= 11 is 0. The minimum absolute atomic E-state index is 0.0214. The highest BCUT2D eigenvalue weighted by molar-refractivity contribution is 6.99. The third kappa shape index (κ3) is 5.62. The van der Waals surface area contributed by atoms with Gasteiger partial charge >= 0.3 is 0 Å². The molecule has 0 unspecified atom stereocenters. The zero-order valence-electron chi connectivity index (χ0n) is 26.8. The highest BCUT2D eigenvalue weighted by Gasteiger charge is 2.71. The Balaban J connectivity index is 1.40. The molecule has 8 heteroatoms. The Morgan fingerprint density at radius 2 is 1.55 bits per heavy atom. The molecule has 0 amide bonds. The maximum absolute atomic E-state index is 11.8. The lowest BCUT2D eigenvalue weighted by molar-refractivity contribution is -0.345. The molecule has 2 aromatic rings. The van der Waals surface area contributed by atoms with E-state index in [0.29, 0.717) is 13.0 Å². The standard InChI is InChI=1S/C34H52O6Si2/c1-24-28(39-42(32(2,3)4,25-15-11-9-12-16-25)26-17-13-10-14-18-26)21-27-30(24)31(35)34(36)29(22-33(27,5)40-34)38-23-37-19-20-41(6,7)8/h9-18,24,27-31,35-36H,19-23H2,1-8H3/t24-,27-,28-,29-,30+,31-,33-,34+/m0/s1. The van der Waals surface area contributed by atoms with Gasteiger partial charge in [0.15, 0.2) is 0 Å². The summed E-state index contributed by atoms with van der Waals surface area (Å²) in [4.78, 5) is 0. The zero-order chi connectivity index (χ0) is 30.6. The van der Waals surface area contributed by atoms with Gasteiger partial charge in [0.2, 0.25) is 5.79 Å². The van der Waals surface area contributed by atoms with Crippen LogP contribution in [0.1, 0.15) is 47.5 Å². The van der Waals surface area contributed by atoms with Crippen LogP contribution in [0, 0.1) is 17.8 Å². The van der Waals surface area contributed by atoms with Gasteiger partial charge in [0, 0.05) is 33.1 Å². The van der Waals surface area contributed by atoms with Gasteiger partial charge in [0.25, 0.3) is 8.32 Å². The quantitative estimate of drug-likeness (QED) is 0.220. The first-order valence-corrected chi connectivity index (χ1v) is 21.3. The summed E-state index contributed by atoms with van der Waals surface area (Å²) in [6, 6.07) is 22.5. The number of rotatable bonds is 10. The Morgan fingerprint density at radius 3 is 2.07 bits per heavy atom. The molecule has 42 heavy (non-hydrogen) atoms. The summed E-state index contributed by atoms with van der Waals surface area (Å²) in [6.07, 6.45) is -0.531. The van der Waals surface area contributed by atoms with E-state index in [1.54, 1.807) is 0 Å². The number of aliphatic hydroxyl groups is 2. The van der Waals surface area contributed by atoms with E-state index < -0.39 is 40.0 Å². The molecule has 2 bridgehead atoms. The minimum Gasteiger partial charge on any atom is -0.404 e. The summed E-state index contributed by atoms with van der Waals surface area (Å²) < 4.78 is 25.8. The minimum atomic E-state index is -2.78. The van der Waals surface area contributed by atoms with Crippen LogP contribution in [-0.4, -0.2) is 69.7 Å². The Labute approximate surface area is 254 Å². The highest BCUT2D eigenvalue weighted by atomic mass is 28.4. The Kier molecular flexibility index (Phi) is 8.79. The number of benzene rings is 2. The third-order valence-electron chi connectivity index (χ3n) is 10.3. The van der Waals surface area contributed by atoms with Crippen molar-refractivity contribution < 1.29 is 28.8 Å². The molecular formula is C34H52O6Si2. The van der Waals surface area contributed by atoms with Crippen molar-refractivity contribution in [1.82, 2.24) is 0 Å². The summed E-state index contributed by atoms with van der Waals surface area (Å²) in [7, 11) is -3.99. The van der Waals surface area contributed by atoms with Crippen LogP contribution in [0.2, 0.25) is 30.7 Å². The van der Waals surface area contributed by atoms with Crippen LogP contribution in [0.25, 0.3) is 0 Å². The van der Waals surface area contributed by atoms with Crippen LogP contribution < -0.4 is 10.4 Å². The molecule has 1 aliphatic carbocycles. The first-order valence-electron chi connectivity index (χ1n) is 15.7. The summed E-state index contributed by atoms with van der Waals surface area (Å²) in [5, 5.41) is 25.9. The maximum atomic E-state index is 11.8. The van der Waals surface area contributed by atoms with Crippen LogP contribution in [0.3, 0.4) is 0 Å². The van der Waals surface area contributed by atoms with Gasteiger partial charge in [-0.05, 0) is 46.6 Å². The van der Waals surface area contributed by atoms with Crippen molar-refractivity contribution in [2.24, 2.45) is 17.8 Å². The maximum Gasteiger partial charge on any atom is 0.261 e. The van der Waals surface area contributed by atoms with E-state index >= 15 is 0 Å². The highest BCUT2D eigenvalue weighted by Crippen LogP contribution is 2.60. The second kappa shape index (κ2) is 11.5. The molecule has 0 radical (unpaired) electrons. The molecule has 6 nitrogen and oxygen atoms in total. The average molecular weight is 613 g/mol. The second-order valence-electron chi connectivity index (χ2n) is 15.4. The monoisotopic (exact) mass is 612 g/mol. The number of ether oxygens (including phenoxy) is 3. The molecule has 2 aromatic carbocycles. The zero-order valence-corrected chi connectivity index (χ0v) is 28.8. The molecule has 1 saturated carbocycles. The van der Waals surface area contributed by atoms with E-state index in [9.17, 15) is 10.2 Å². The van der Waals surface area contributed by atoms with Crippen LogP contribution >= 0.6 is 0 Å². The number of aliphatic hydroxyl groups excluding tert-OH is 1. The van der Waals surface area contributed by atoms with Gasteiger partial charge in [-0.2, -0.15) is 0 Å². The molecule has 0 spiro atoms. The van der Waals surface area contributed by atoms with Gasteiger partial charge < -0.3 is 28.8 Å². The van der Waals surface area contributed by atoms with Gasteiger partial charge in [-0.1, -0.05) is 108 Å². The fourth-order valence-corrected chi connectivity index (χ4v) is 13.5. The fraction of sp³-hybridized carbons (Fsp3) is 0.647. The summed E-state index contributed by atoms with van der Waals surface area (Å²) in [5.74, 6) is -1.88. The molecular weight excluding hydrogens is 561 g/mol. The fourth-order valence-electron chi connectivity index (χ4n) is 7.97. The predicted molar refractivity (Wildman–Crippen MR) is 172 cm³/mol. The lowest BCUT2D eigenvalue weighted by Gasteiger charge is -2.48. The van der Waals surface area contributed by atoms with Gasteiger partial charge in [-0.3, -0.25) is 0 Å². The van der Waals surface area contributed by atoms with Crippen LogP contribution in [0.15, 0.2) is 60.7 Å². The van der Waals surface area contributed by atoms with Crippen LogP contribution in [0.5, 0.6) is 0 Å². The van der Waals surface area contributed by atoms with Crippen molar-refractivity contribution in [2.75, 3.05) is 13.4 Å². The molecule has 232 valence electrons. The van der Waals surface area contributed by atoms with Crippen molar-refractivity contribution in [3.8, 4) is 0 Å². The largest absolute Gasteiger partial charge is 0.404 e. The van der Waals surface area contributed by atoms with Gasteiger partial charge in [0.05, 0.1) is 5.60 Å². The van der Waals surface area contributed by atoms with E-state index in [1.807, 2.05) is 0 Å². The van der Waals surface area contributed by atoms with Crippen LogP contribution in [0.4, 0.5) is 0 Å². The van der Waals surface area contributed by atoms with Crippen molar-refractivity contribution in [3.05, 3.63) is 60.7 Å². The first-order chi connectivity index (χ1) is 19.6. The van der Waals surface area contributed by atoms with Crippen molar-refractivity contribution >= 4 is 26.8 Å². The molecule has 2 heterocycles. The number of hydrogen-bond acceptors (Lipinski definition) is 6. The van der Waals surface area contributed by atoms with E-state index in [0.717, 1.165) is 12.5 Å². The average Bonchev–Trinajstić information content (AvgIpc) is 3.38.